The van der Waals surface area contributed by atoms with E-state index in [4.69, 9.17) is 4.74 Å². The predicted octanol–water partition coefficient (Wildman–Crippen LogP) is 4.01. The zero-order valence-corrected chi connectivity index (χ0v) is 16.4. The molecule has 0 unspecified atom stereocenters. The van der Waals surface area contributed by atoms with E-state index in [0.717, 1.165) is 37.7 Å². The maximum Gasteiger partial charge on any atom is 0.261 e. The van der Waals surface area contributed by atoms with Crippen molar-refractivity contribution in [3.63, 3.8) is 0 Å². The lowest BCUT2D eigenvalue weighted by Crippen LogP contribution is -2.40. The molecule has 1 aliphatic heterocycles. The molecule has 1 heterocycles. The van der Waals surface area contributed by atoms with Gasteiger partial charge in [-0.25, -0.2) is 0 Å². The Labute approximate surface area is 169 Å². The topological polar surface area (TPSA) is 75.7 Å². The van der Waals surface area contributed by atoms with Crippen LogP contribution < -0.4 is 5.32 Å². The number of carbonyl (C=O) groups is 3. The maximum absolute atomic E-state index is 12.9. The third-order valence-electron chi connectivity index (χ3n) is 5.69. The summed E-state index contributed by atoms with van der Waals surface area (Å²) in [7, 11) is 1.60. The summed E-state index contributed by atoms with van der Waals surface area (Å²) >= 11 is 0. The summed E-state index contributed by atoms with van der Waals surface area (Å²) in [5, 5.41) is 2.87. The minimum absolute atomic E-state index is 0.0330. The van der Waals surface area contributed by atoms with E-state index < -0.39 is 0 Å². The zero-order chi connectivity index (χ0) is 20.4. The van der Waals surface area contributed by atoms with Gasteiger partial charge in [-0.05, 0) is 37.1 Å². The molecule has 4 rings (SSSR count). The number of amides is 3. The van der Waals surface area contributed by atoms with Gasteiger partial charge in [-0.3, -0.25) is 19.3 Å². The molecule has 1 aliphatic carbocycles. The second-order valence-corrected chi connectivity index (χ2v) is 7.58. The minimum Gasteiger partial charge on any atom is -0.380 e. The molecule has 2 aromatic carbocycles. The summed E-state index contributed by atoms with van der Waals surface area (Å²) in [6, 6.07) is 12.1. The average molecular weight is 392 g/mol. The highest BCUT2D eigenvalue weighted by Crippen LogP contribution is 2.31. The van der Waals surface area contributed by atoms with Gasteiger partial charge in [0.1, 0.15) is 0 Å². The average Bonchev–Trinajstić information content (AvgIpc) is 3.00. The Balaban J connectivity index is 1.57. The van der Waals surface area contributed by atoms with E-state index in [-0.39, 0.29) is 23.8 Å². The summed E-state index contributed by atoms with van der Waals surface area (Å²) in [5.41, 5.74) is 2.57. The lowest BCUT2D eigenvalue weighted by Gasteiger charge is -2.29. The van der Waals surface area contributed by atoms with Crippen LogP contribution in [0.25, 0.3) is 0 Å². The molecule has 6 heteroatoms. The van der Waals surface area contributed by atoms with Gasteiger partial charge < -0.3 is 10.1 Å². The molecule has 1 N–H and O–H groups in total. The number of imide groups is 1. The van der Waals surface area contributed by atoms with E-state index in [0.29, 0.717) is 29.0 Å². The Bertz CT molecular complexity index is 963. The molecule has 3 amide bonds. The highest BCUT2D eigenvalue weighted by molar-refractivity contribution is 6.22. The Morgan fingerprint density at radius 2 is 1.76 bits per heavy atom. The van der Waals surface area contributed by atoms with Crippen molar-refractivity contribution in [3.8, 4) is 0 Å². The highest BCUT2D eigenvalue weighted by Gasteiger charge is 2.40. The summed E-state index contributed by atoms with van der Waals surface area (Å²) in [5.74, 6) is -0.853. The number of methoxy groups -OCH3 is 1. The Kier molecular flexibility index (Phi) is 5.45. The number of ether oxygens (including phenoxy) is 1. The van der Waals surface area contributed by atoms with Gasteiger partial charge in [0, 0.05) is 30.0 Å². The first-order valence-corrected chi connectivity index (χ1v) is 10.0. The predicted molar refractivity (Wildman–Crippen MR) is 109 cm³/mol. The standard InChI is InChI=1S/C23H24N2O4/c1-29-14-16-7-5-6-10-20(16)24-21(26)15-11-12-18-19(13-15)23(28)25(22(18)27)17-8-3-2-4-9-17/h5-7,10-13,17H,2-4,8-9,14H2,1H3,(H,24,26). The van der Waals surface area contributed by atoms with E-state index >= 15 is 0 Å². The lowest BCUT2D eigenvalue weighted by atomic mass is 9.94. The van der Waals surface area contributed by atoms with Gasteiger partial charge in [-0.2, -0.15) is 0 Å². The largest absolute Gasteiger partial charge is 0.380 e. The molecule has 29 heavy (non-hydrogen) atoms. The van der Waals surface area contributed by atoms with Crippen LogP contribution in [0.1, 0.15) is 68.7 Å². The molecular formula is C23H24N2O4. The first kappa shape index (κ1) is 19.3. The van der Waals surface area contributed by atoms with Gasteiger partial charge in [0.2, 0.25) is 0 Å². The Morgan fingerprint density at radius 3 is 2.52 bits per heavy atom. The van der Waals surface area contributed by atoms with E-state index in [1.54, 1.807) is 25.3 Å². The molecule has 1 fully saturated rings. The SMILES string of the molecule is COCc1ccccc1NC(=O)c1ccc2c(c1)C(=O)N(C1CCCCC1)C2=O. The van der Waals surface area contributed by atoms with Gasteiger partial charge in [0.05, 0.1) is 17.7 Å². The molecule has 0 aromatic heterocycles. The summed E-state index contributed by atoms with van der Waals surface area (Å²) in [6.45, 7) is 0.379. The number of benzene rings is 2. The Morgan fingerprint density at radius 1 is 1.03 bits per heavy atom. The van der Waals surface area contributed by atoms with Crippen LogP contribution in [-0.4, -0.2) is 35.8 Å². The van der Waals surface area contributed by atoms with Crippen LogP contribution in [0.4, 0.5) is 5.69 Å². The van der Waals surface area contributed by atoms with Crippen LogP contribution in [0.2, 0.25) is 0 Å². The fourth-order valence-corrected chi connectivity index (χ4v) is 4.19. The molecule has 0 saturated heterocycles. The van der Waals surface area contributed by atoms with Crippen molar-refractivity contribution >= 4 is 23.4 Å². The van der Waals surface area contributed by atoms with Crippen molar-refractivity contribution in [2.24, 2.45) is 0 Å². The summed E-state index contributed by atoms with van der Waals surface area (Å²) in [4.78, 5) is 39.9. The highest BCUT2D eigenvalue weighted by atomic mass is 16.5. The van der Waals surface area contributed by atoms with Crippen LogP contribution in [0.15, 0.2) is 42.5 Å². The van der Waals surface area contributed by atoms with Crippen LogP contribution in [0.5, 0.6) is 0 Å². The molecule has 6 nitrogen and oxygen atoms in total. The number of hydrogen-bond acceptors (Lipinski definition) is 4. The van der Waals surface area contributed by atoms with Crippen LogP contribution in [0.3, 0.4) is 0 Å². The van der Waals surface area contributed by atoms with Crippen molar-refractivity contribution in [2.45, 2.75) is 44.8 Å². The van der Waals surface area contributed by atoms with Gasteiger partial charge in [-0.15, -0.1) is 0 Å². The number of carbonyl (C=O) groups excluding carboxylic acids is 3. The van der Waals surface area contributed by atoms with E-state index in [1.807, 2.05) is 18.2 Å². The number of fused-ring (bicyclic) bond motifs is 1. The molecule has 0 spiro atoms. The molecular weight excluding hydrogens is 368 g/mol. The monoisotopic (exact) mass is 392 g/mol. The molecule has 2 aromatic rings. The van der Waals surface area contributed by atoms with Crippen LogP contribution in [-0.2, 0) is 11.3 Å². The number of rotatable bonds is 5. The molecule has 150 valence electrons. The van der Waals surface area contributed by atoms with E-state index in [1.165, 1.54) is 11.0 Å². The number of hydrogen-bond donors (Lipinski definition) is 1. The van der Waals surface area contributed by atoms with Crippen molar-refractivity contribution < 1.29 is 19.1 Å². The molecule has 0 atom stereocenters. The second kappa shape index (κ2) is 8.17. The van der Waals surface area contributed by atoms with Gasteiger partial charge in [0.15, 0.2) is 0 Å². The number of nitrogens with one attached hydrogen (secondary N) is 1. The van der Waals surface area contributed by atoms with E-state index in [9.17, 15) is 14.4 Å². The minimum atomic E-state index is -0.326. The second-order valence-electron chi connectivity index (χ2n) is 7.58. The van der Waals surface area contributed by atoms with Crippen LogP contribution >= 0.6 is 0 Å². The van der Waals surface area contributed by atoms with Crippen molar-refractivity contribution in [2.75, 3.05) is 12.4 Å². The van der Waals surface area contributed by atoms with Crippen molar-refractivity contribution in [1.82, 2.24) is 4.90 Å². The molecule has 2 aliphatic rings. The van der Waals surface area contributed by atoms with Gasteiger partial charge in [0.25, 0.3) is 17.7 Å². The fourth-order valence-electron chi connectivity index (χ4n) is 4.19. The summed E-state index contributed by atoms with van der Waals surface area (Å²) < 4.78 is 5.17. The number of anilines is 1. The van der Waals surface area contributed by atoms with Gasteiger partial charge in [-0.1, -0.05) is 37.5 Å². The fraction of sp³-hybridized carbons (Fsp3) is 0.348. The first-order chi connectivity index (χ1) is 14.1. The molecule has 1 saturated carbocycles. The van der Waals surface area contributed by atoms with E-state index in [2.05, 4.69) is 5.32 Å². The zero-order valence-electron chi connectivity index (χ0n) is 16.4. The smallest absolute Gasteiger partial charge is 0.261 e. The third-order valence-corrected chi connectivity index (χ3v) is 5.69. The number of para-hydroxylation sites is 1. The van der Waals surface area contributed by atoms with Crippen molar-refractivity contribution in [3.05, 3.63) is 64.7 Å². The molecule has 0 radical (unpaired) electrons. The number of nitrogens with zero attached hydrogens (tertiary/aromatic N) is 1. The quantitative estimate of drug-likeness (QED) is 0.780. The normalized spacial score (nSPS) is 16.8. The third kappa shape index (κ3) is 3.68. The molecule has 0 bridgehead atoms. The lowest BCUT2D eigenvalue weighted by molar-refractivity contribution is 0.0549. The van der Waals surface area contributed by atoms with Crippen LogP contribution in [0, 0.1) is 0 Å². The Hall–Kier alpha value is -2.99. The van der Waals surface area contributed by atoms with Crippen molar-refractivity contribution in [1.29, 1.82) is 0 Å². The maximum atomic E-state index is 12.9. The first-order valence-electron chi connectivity index (χ1n) is 10.0. The summed E-state index contributed by atoms with van der Waals surface area (Å²) in [6.07, 6.45) is 4.93. The van der Waals surface area contributed by atoms with Gasteiger partial charge >= 0.3 is 0 Å².